The van der Waals surface area contributed by atoms with Crippen molar-refractivity contribution < 1.29 is 8.78 Å². The molecule has 19 heavy (non-hydrogen) atoms. The maximum Gasteiger partial charge on any atom is 0.280 e. The van der Waals surface area contributed by atoms with Crippen LogP contribution in [0.4, 0.5) is 8.78 Å². The van der Waals surface area contributed by atoms with Crippen molar-refractivity contribution in [2.75, 3.05) is 6.54 Å². The van der Waals surface area contributed by atoms with Crippen molar-refractivity contribution in [3.63, 3.8) is 0 Å². The SMILES string of the molecule is CCNCc1cnn(-c2ccccc2Cl)c1C(F)F. The van der Waals surface area contributed by atoms with Crippen molar-refractivity contribution >= 4 is 11.6 Å². The minimum absolute atomic E-state index is 0.117. The average Bonchev–Trinajstić information content (AvgIpc) is 2.80. The number of para-hydroxylation sites is 1. The molecule has 2 aromatic rings. The molecule has 3 nitrogen and oxygen atoms in total. The summed E-state index contributed by atoms with van der Waals surface area (Å²) in [4.78, 5) is 0. The molecule has 1 N–H and O–H groups in total. The van der Waals surface area contributed by atoms with Crippen molar-refractivity contribution in [1.29, 1.82) is 0 Å². The van der Waals surface area contributed by atoms with E-state index in [1.54, 1.807) is 24.3 Å². The summed E-state index contributed by atoms with van der Waals surface area (Å²) >= 11 is 6.03. The maximum atomic E-state index is 13.2. The number of halogens is 3. The van der Waals surface area contributed by atoms with Crippen LogP contribution in [-0.4, -0.2) is 16.3 Å². The topological polar surface area (TPSA) is 29.9 Å². The second kappa shape index (κ2) is 6.12. The van der Waals surface area contributed by atoms with Crippen LogP contribution < -0.4 is 5.32 Å². The minimum atomic E-state index is -2.60. The van der Waals surface area contributed by atoms with E-state index in [-0.39, 0.29) is 5.69 Å². The molecule has 0 saturated heterocycles. The van der Waals surface area contributed by atoms with E-state index in [1.807, 2.05) is 6.92 Å². The second-order valence-electron chi connectivity index (χ2n) is 4.00. The third-order valence-corrected chi connectivity index (χ3v) is 3.06. The number of nitrogens with zero attached hydrogens (tertiary/aromatic N) is 2. The average molecular weight is 286 g/mol. The normalized spacial score (nSPS) is 11.2. The van der Waals surface area contributed by atoms with Crippen LogP contribution in [-0.2, 0) is 6.54 Å². The highest BCUT2D eigenvalue weighted by Gasteiger charge is 2.21. The van der Waals surface area contributed by atoms with Crippen molar-refractivity contribution in [1.82, 2.24) is 15.1 Å². The lowest BCUT2D eigenvalue weighted by molar-refractivity contribution is 0.141. The van der Waals surface area contributed by atoms with Crippen LogP contribution in [0.2, 0.25) is 5.02 Å². The van der Waals surface area contributed by atoms with Crippen LogP contribution in [0.25, 0.3) is 5.69 Å². The van der Waals surface area contributed by atoms with Gasteiger partial charge in [0.15, 0.2) is 0 Å². The molecule has 6 heteroatoms. The van der Waals surface area contributed by atoms with Gasteiger partial charge in [-0.25, -0.2) is 13.5 Å². The summed E-state index contributed by atoms with van der Waals surface area (Å²) in [5.41, 5.74) is 0.827. The lowest BCUT2D eigenvalue weighted by atomic mass is 10.2. The Balaban J connectivity index is 2.46. The molecule has 0 aliphatic rings. The van der Waals surface area contributed by atoms with Gasteiger partial charge < -0.3 is 5.32 Å². The first-order valence-corrected chi connectivity index (χ1v) is 6.33. The fourth-order valence-corrected chi connectivity index (χ4v) is 2.05. The number of alkyl halides is 2. The fraction of sp³-hybridized carbons (Fsp3) is 0.308. The molecule has 0 spiro atoms. The summed E-state index contributed by atoms with van der Waals surface area (Å²) in [6.45, 7) is 2.99. The van der Waals surface area contributed by atoms with E-state index in [2.05, 4.69) is 10.4 Å². The molecule has 1 aromatic carbocycles. The van der Waals surface area contributed by atoms with Crippen molar-refractivity contribution in [2.24, 2.45) is 0 Å². The largest absolute Gasteiger partial charge is 0.313 e. The van der Waals surface area contributed by atoms with Crippen LogP contribution in [0.15, 0.2) is 30.5 Å². The molecule has 0 unspecified atom stereocenters. The van der Waals surface area contributed by atoms with Crippen molar-refractivity contribution in [3.05, 3.63) is 46.7 Å². The number of hydrogen-bond donors (Lipinski definition) is 1. The van der Waals surface area contributed by atoms with Gasteiger partial charge in [0.25, 0.3) is 6.43 Å². The van der Waals surface area contributed by atoms with Gasteiger partial charge in [0.05, 0.1) is 16.9 Å². The Labute approximate surface area is 115 Å². The van der Waals surface area contributed by atoms with Crippen molar-refractivity contribution in [3.8, 4) is 5.69 Å². The highest BCUT2D eigenvalue weighted by molar-refractivity contribution is 6.32. The highest BCUT2D eigenvalue weighted by atomic mass is 35.5. The molecule has 0 aliphatic carbocycles. The summed E-state index contributed by atoms with van der Waals surface area (Å²) in [5, 5.41) is 7.44. The Bertz CT molecular complexity index is 555. The zero-order valence-electron chi connectivity index (χ0n) is 10.4. The van der Waals surface area contributed by atoms with Crippen LogP contribution in [0.5, 0.6) is 0 Å². The molecule has 102 valence electrons. The second-order valence-corrected chi connectivity index (χ2v) is 4.41. The first-order valence-electron chi connectivity index (χ1n) is 5.95. The Morgan fingerprint density at radius 2 is 2.11 bits per heavy atom. The van der Waals surface area contributed by atoms with E-state index in [1.165, 1.54) is 10.9 Å². The lowest BCUT2D eigenvalue weighted by Crippen LogP contribution is -2.13. The highest BCUT2D eigenvalue weighted by Crippen LogP contribution is 2.28. The Hall–Kier alpha value is -1.46. The predicted octanol–water partition coefficient (Wildman–Crippen LogP) is 3.57. The monoisotopic (exact) mass is 285 g/mol. The molecule has 2 rings (SSSR count). The van der Waals surface area contributed by atoms with Crippen molar-refractivity contribution in [2.45, 2.75) is 19.9 Å². The molecule has 0 aliphatic heterocycles. The predicted molar refractivity (Wildman–Crippen MR) is 70.9 cm³/mol. The van der Waals surface area contributed by atoms with Gasteiger partial charge in [-0.15, -0.1) is 0 Å². The van der Waals surface area contributed by atoms with Gasteiger partial charge in [0, 0.05) is 12.1 Å². The van der Waals surface area contributed by atoms with E-state index >= 15 is 0 Å². The molecule has 1 aromatic heterocycles. The lowest BCUT2D eigenvalue weighted by Gasteiger charge is -2.10. The van der Waals surface area contributed by atoms with Gasteiger partial charge in [-0.05, 0) is 18.7 Å². The van der Waals surface area contributed by atoms with E-state index < -0.39 is 6.43 Å². The van der Waals surface area contributed by atoms with E-state index in [0.717, 1.165) is 0 Å². The molecular weight excluding hydrogens is 272 g/mol. The molecule has 1 heterocycles. The third-order valence-electron chi connectivity index (χ3n) is 2.74. The number of aromatic nitrogens is 2. The summed E-state index contributed by atoms with van der Waals surface area (Å²) in [7, 11) is 0. The summed E-state index contributed by atoms with van der Waals surface area (Å²) in [6.07, 6.45) is -1.15. The van der Waals surface area contributed by atoms with E-state index in [0.29, 0.717) is 29.4 Å². The number of benzene rings is 1. The summed E-state index contributed by atoms with van der Waals surface area (Å²) in [5.74, 6) is 0. The molecule has 0 saturated carbocycles. The van der Waals surface area contributed by atoms with Gasteiger partial charge in [-0.1, -0.05) is 30.7 Å². The number of nitrogens with one attached hydrogen (secondary N) is 1. The number of rotatable bonds is 5. The third kappa shape index (κ3) is 2.93. The van der Waals surface area contributed by atoms with Gasteiger partial charge in [-0.2, -0.15) is 5.10 Å². The standard InChI is InChI=1S/C13H14ClF2N3/c1-2-17-7-9-8-18-19(12(9)13(15)16)11-6-4-3-5-10(11)14/h3-6,8,13,17H,2,7H2,1H3. The number of hydrogen-bond acceptors (Lipinski definition) is 2. The van der Waals surface area contributed by atoms with Gasteiger partial charge in [-0.3, -0.25) is 0 Å². The minimum Gasteiger partial charge on any atom is -0.313 e. The van der Waals surface area contributed by atoms with Crippen LogP contribution in [0, 0.1) is 0 Å². The Morgan fingerprint density at radius 3 is 2.74 bits per heavy atom. The summed E-state index contributed by atoms with van der Waals surface area (Å²) < 4.78 is 27.7. The molecule has 0 radical (unpaired) electrons. The summed E-state index contributed by atoms with van der Waals surface area (Å²) in [6, 6.07) is 6.80. The maximum absolute atomic E-state index is 13.2. The fourth-order valence-electron chi connectivity index (χ4n) is 1.84. The van der Waals surface area contributed by atoms with Crippen LogP contribution >= 0.6 is 11.6 Å². The van der Waals surface area contributed by atoms with Gasteiger partial charge in [0.1, 0.15) is 5.69 Å². The molecule has 0 amide bonds. The zero-order chi connectivity index (χ0) is 13.8. The van der Waals surface area contributed by atoms with Crippen LogP contribution in [0.3, 0.4) is 0 Å². The smallest absolute Gasteiger partial charge is 0.280 e. The molecule has 0 atom stereocenters. The zero-order valence-corrected chi connectivity index (χ0v) is 11.2. The van der Waals surface area contributed by atoms with Gasteiger partial charge in [0.2, 0.25) is 0 Å². The first kappa shape index (κ1) is 14.0. The van der Waals surface area contributed by atoms with E-state index in [4.69, 9.17) is 11.6 Å². The Morgan fingerprint density at radius 1 is 1.37 bits per heavy atom. The van der Waals surface area contributed by atoms with Crippen LogP contribution in [0.1, 0.15) is 24.6 Å². The molecule has 0 bridgehead atoms. The Kier molecular flexibility index (Phi) is 4.50. The van der Waals surface area contributed by atoms with E-state index in [9.17, 15) is 8.78 Å². The molecular formula is C13H14ClF2N3. The quantitative estimate of drug-likeness (QED) is 0.910. The molecule has 0 fully saturated rings. The first-order chi connectivity index (χ1) is 9.15. The van der Waals surface area contributed by atoms with Gasteiger partial charge >= 0.3 is 0 Å².